The third-order valence-electron chi connectivity index (χ3n) is 2.46. The molecule has 0 aliphatic carbocycles. The SMILES string of the molecule is Cc1cc(Cn2cc(Cl)c(C)n2)oc1CN. The number of hydrogen-bond donors (Lipinski definition) is 1. The molecule has 0 aliphatic rings. The van der Waals surface area contributed by atoms with Gasteiger partial charge in [-0.25, -0.2) is 0 Å². The summed E-state index contributed by atoms with van der Waals surface area (Å²) < 4.78 is 7.35. The van der Waals surface area contributed by atoms with E-state index in [0.29, 0.717) is 18.1 Å². The maximum Gasteiger partial charge on any atom is 0.126 e. The first-order chi connectivity index (χ1) is 7.60. The number of rotatable bonds is 3. The standard InChI is InChI=1S/C11H14ClN3O/c1-7-3-9(16-11(7)4-13)5-15-6-10(12)8(2)14-15/h3,6H,4-5,13H2,1-2H3. The molecular formula is C11H14ClN3O. The normalized spacial score (nSPS) is 11.0. The molecule has 0 saturated carbocycles. The number of aryl methyl sites for hydroxylation is 2. The number of furan rings is 1. The van der Waals surface area contributed by atoms with Crippen molar-refractivity contribution in [2.75, 3.05) is 0 Å². The number of nitrogens with two attached hydrogens (primary N) is 1. The number of aromatic nitrogens is 2. The fraction of sp³-hybridized carbons (Fsp3) is 0.364. The monoisotopic (exact) mass is 239 g/mol. The first-order valence-electron chi connectivity index (χ1n) is 5.08. The second-order valence-electron chi connectivity index (χ2n) is 3.78. The molecule has 0 unspecified atom stereocenters. The van der Waals surface area contributed by atoms with Crippen LogP contribution < -0.4 is 5.73 Å². The second-order valence-corrected chi connectivity index (χ2v) is 4.19. The minimum atomic E-state index is 0.421. The van der Waals surface area contributed by atoms with Crippen molar-refractivity contribution in [2.45, 2.75) is 26.9 Å². The molecule has 0 bridgehead atoms. The molecule has 2 aromatic rings. The van der Waals surface area contributed by atoms with E-state index < -0.39 is 0 Å². The number of hydrogen-bond acceptors (Lipinski definition) is 3. The van der Waals surface area contributed by atoms with Gasteiger partial charge in [0.15, 0.2) is 0 Å². The molecular weight excluding hydrogens is 226 g/mol. The Morgan fingerprint density at radius 2 is 2.25 bits per heavy atom. The summed E-state index contributed by atoms with van der Waals surface area (Å²) in [6.45, 7) is 4.85. The Morgan fingerprint density at radius 1 is 1.50 bits per heavy atom. The van der Waals surface area contributed by atoms with Crippen molar-refractivity contribution in [3.63, 3.8) is 0 Å². The van der Waals surface area contributed by atoms with E-state index in [9.17, 15) is 0 Å². The fourth-order valence-electron chi connectivity index (χ4n) is 1.60. The van der Waals surface area contributed by atoms with E-state index in [0.717, 1.165) is 22.8 Å². The van der Waals surface area contributed by atoms with Crippen LogP contribution in [0.25, 0.3) is 0 Å². The summed E-state index contributed by atoms with van der Waals surface area (Å²) in [7, 11) is 0. The lowest BCUT2D eigenvalue weighted by Gasteiger charge is -1.96. The van der Waals surface area contributed by atoms with Gasteiger partial charge in [-0.1, -0.05) is 11.6 Å². The van der Waals surface area contributed by atoms with Crippen LogP contribution >= 0.6 is 11.6 Å². The van der Waals surface area contributed by atoms with Crippen LogP contribution in [0.3, 0.4) is 0 Å². The molecule has 5 heteroatoms. The zero-order valence-electron chi connectivity index (χ0n) is 9.33. The zero-order chi connectivity index (χ0) is 11.7. The average Bonchev–Trinajstić information content (AvgIpc) is 2.72. The Hall–Kier alpha value is -1.26. The van der Waals surface area contributed by atoms with Crippen molar-refractivity contribution >= 4 is 11.6 Å². The van der Waals surface area contributed by atoms with Crippen LogP contribution in [0, 0.1) is 13.8 Å². The maximum absolute atomic E-state index is 5.93. The van der Waals surface area contributed by atoms with E-state index in [1.54, 1.807) is 10.9 Å². The van der Waals surface area contributed by atoms with Gasteiger partial charge in [0, 0.05) is 6.20 Å². The van der Waals surface area contributed by atoms with E-state index in [2.05, 4.69) is 5.10 Å². The topological polar surface area (TPSA) is 57.0 Å². The smallest absolute Gasteiger partial charge is 0.126 e. The van der Waals surface area contributed by atoms with E-state index in [4.69, 9.17) is 21.8 Å². The first kappa shape index (κ1) is 11.2. The molecule has 2 aromatic heterocycles. The number of nitrogens with zero attached hydrogens (tertiary/aromatic N) is 2. The third kappa shape index (κ3) is 2.13. The summed E-state index contributed by atoms with van der Waals surface area (Å²) >= 11 is 5.93. The van der Waals surface area contributed by atoms with Gasteiger partial charge < -0.3 is 10.2 Å². The summed E-state index contributed by atoms with van der Waals surface area (Å²) in [4.78, 5) is 0. The Bertz CT molecular complexity index is 482. The highest BCUT2D eigenvalue weighted by Crippen LogP contribution is 2.17. The first-order valence-corrected chi connectivity index (χ1v) is 5.45. The minimum absolute atomic E-state index is 0.421. The van der Waals surface area contributed by atoms with E-state index in [1.165, 1.54) is 0 Å². The second kappa shape index (κ2) is 4.31. The molecule has 0 aliphatic heterocycles. The molecule has 0 atom stereocenters. The minimum Gasteiger partial charge on any atom is -0.462 e. The van der Waals surface area contributed by atoms with Gasteiger partial charge in [0.1, 0.15) is 11.5 Å². The van der Waals surface area contributed by atoms with Gasteiger partial charge in [0.2, 0.25) is 0 Å². The molecule has 0 radical (unpaired) electrons. The lowest BCUT2D eigenvalue weighted by Crippen LogP contribution is -1.99. The molecule has 2 N–H and O–H groups in total. The lowest BCUT2D eigenvalue weighted by molar-refractivity contribution is 0.444. The van der Waals surface area contributed by atoms with Gasteiger partial charge >= 0.3 is 0 Å². The van der Waals surface area contributed by atoms with Gasteiger partial charge in [-0.2, -0.15) is 5.10 Å². The van der Waals surface area contributed by atoms with E-state index in [1.807, 2.05) is 19.9 Å². The molecule has 0 aromatic carbocycles. The highest BCUT2D eigenvalue weighted by atomic mass is 35.5. The van der Waals surface area contributed by atoms with Crippen LogP contribution in [-0.2, 0) is 13.1 Å². The number of halogens is 1. The van der Waals surface area contributed by atoms with Crippen LogP contribution in [-0.4, -0.2) is 9.78 Å². The van der Waals surface area contributed by atoms with Gasteiger partial charge in [-0.05, 0) is 25.5 Å². The highest BCUT2D eigenvalue weighted by Gasteiger charge is 2.08. The van der Waals surface area contributed by atoms with Crippen LogP contribution in [0.4, 0.5) is 0 Å². The van der Waals surface area contributed by atoms with Gasteiger partial charge in [0.05, 0.1) is 23.8 Å². The molecule has 16 heavy (non-hydrogen) atoms. The molecule has 0 spiro atoms. The summed E-state index contributed by atoms with van der Waals surface area (Å²) in [6.07, 6.45) is 1.79. The van der Waals surface area contributed by atoms with Crippen LogP contribution in [0.2, 0.25) is 5.02 Å². The van der Waals surface area contributed by atoms with Crippen LogP contribution in [0.15, 0.2) is 16.7 Å². The molecule has 0 fully saturated rings. The summed E-state index contributed by atoms with van der Waals surface area (Å²) in [5.74, 6) is 1.67. The third-order valence-corrected chi connectivity index (χ3v) is 2.83. The Kier molecular flexibility index (Phi) is 3.03. The lowest BCUT2D eigenvalue weighted by atomic mass is 10.2. The molecule has 0 amide bonds. The van der Waals surface area contributed by atoms with Crippen molar-refractivity contribution in [3.05, 3.63) is 40.1 Å². The van der Waals surface area contributed by atoms with Crippen molar-refractivity contribution in [2.24, 2.45) is 5.73 Å². The van der Waals surface area contributed by atoms with Crippen LogP contribution in [0.1, 0.15) is 22.8 Å². The maximum atomic E-state index is 5.93. The van der Waals surface area contributed by atoms with Crippen molar-refractivity contribution < 1.29 is 4.42 Å². The highest BCUT2D eigenvalue weighted by molar-refractivity contribution is 6.31. The van der Waals surface area contributed by atoms with Gasteiger partial charge in [-0.3, -0.25) is 4.68 Å². The Morgan fingerprint density at radius 3 is 2.75 bits per heavy atom. The van der Waals surface area contributed by atoms with Crippen molar-refractivity contribution in [3.8, 4) is 0 Å². The van der Waals surface area contributed by atoms with Gasteiger partial charge in [0.25, 0.3) is 0 Å². The summed E-state index contributed by atoms with van der Waals surface area (Å²) in [6, 6.07) is 1.98. The van der Waals surface area contributed by atoms with Gasteiger partial charge in [-0.15, -0.1) is 0 Å². The average molecular weight is 240 g/mol. The predicted molar refractivity (Wildman–Crippen MR) is 62.4 cm³/mol. The summed E-state index contributed by atoms with van der Waals surface area (Å²) in [5, 5.41) is 4.93. The Labute approximate surface area is 99.0 Å². The molecule has 4 nitrogen and oxygen atoms in total. The van der Waals surface area contributed by atoms with E-state index in [-0.39, 0.29) is 0 Å². The molecule has 2 heterocycles. The van der Waals surface area contributed by atoms with E-state index >= 15 is 0 Å². The largest absolute Gasteiger partial charge is 0.462 e. The van der Waals surface area contributed by atoms with Crippen molar-refractivity contribution in [1.29, 1.82) is 0 Å². The molecule has 2 rings (SSSR count). The quantitative estimate of drug-likeness (QED) is 0.894. The fourth-order valence-corrected chi connectivity index (χ4v) is 1.76. The molecule has 86 valence electrons. The predicted octanol–water partition coefficient (Wildman–Crippen LogP) is 2.25. The zero-order valence-corrected chi connectivity index (χ0v) is 10.1. The summed E-state index contributed by atoms with van der Waals surface area (Å²) in [5.41, 5.74) is 7.45. The van der Waals surface area contributed by atoms with Crippen LogP contribution in [0.5, 0.6) is 0 Å². The Balaban J connectivity index is 2.20. The molecule has 0 saturated heterocycles. The van der Waals surface area contributed by atoms with Crippen molar-refractivity contribution in [1.82, 2.24) is 9.78 Å².